The molecule has 2 heteroatoms. The summed E-state index contributed by atoms with van der Waals surface area (Å²) in [6.45, 7) is 4.85. The van der Waals surface area contributed by atoms with Gasteiger partial charge >= 0.3 is 0 Å². The van der Waals surface area contributed by atoms with Crippen LogP contribution in [0, 0.1) is 17.8 Å². The third kappa shape index (κ3) is 4.97. The van der Waals surface area contributed by atoms with Gasteiger partial charge in [0.25, 0.3) is 0 Å². The zero-order chi connectivity index (χ0) is 16.1. The van der Waals surface area contributed by atoms with E-state index in [0.717, 1.165) is 11.8 Å². The summed E-state index contributed by atoms with van der Waals surface area (Å²) in [5, 5.41) is 0. The first-order chi connectivity index (χ1) is 11.2. The zero-order valence-corrected chi connectivity index (χ0v) is 18.3. The molecule has 3 aliphatic heterocycles. The normalized spacial score (nSPS) is 42.0. The minimum Gasteiger partial charge on any atom is -0.0654 e. The Morgan fingerprint density at radius 3 is 1.96 bits per heavy atom. The SMILES string of the molecule is CCCCC[SiH]1CCC(C2CC[Si]3(CCC(C)CC3)CC2)CC1. The molecule has 0 aromatic carbocycles. The summed E-state index contributed by atoms with van der Waals surface area (Å²) in [5.74, 6) is 3.38. The van der Waals surface area contributed by atoms with Crippen molar-refractivity contribution in [3.63, 3.8) is 0 Å². The number of rotatable bonds is 5. The minimum absolute atomic E-state index is 0.283. The molecule has 0 amide bonds. The van der Waals surface area contributed by atoms with E-state index >= 15 is 0 Å². The smallest absolute Gasteiger partial charge is 0.0536 e. The Hall–Kier alpha value is 0.434. The van der Waals surface area contributed by atoms with Gasteiger partial charge in [0.15, 0.2) is 0 Å². The van der Waals surface area contributed by atoms with E-state index in [4.69, 9.17) is 0 Å². The lowest BCUT2D eigenvalue weighted by Crippen LogP contribution is -2.42. The Morgan fingerprint density at radius 1 is 0.783 bits per heavy atom. The fourth-order valence-corrected chi connectivity index (χ4v) is 15.4. The highest BCUT2D eigenvalue weighted by Crippen LogP contribution is 2.48. The predicted molar refractivity (Wildman–Crippen MR) is 110 cm³/mol. The molecular formula is C21H42Si2. The van der Waals surface area contributed by atoms with Crippen LogP contribution in [0.2, 0.25) is 42.3 Å². The van der Waals surface area contributed by atoms with Gasteiger partial charge in [0, 0.05) is 8.80 Å². The first-order valence-electron chi connectivity index (χ1n) is 11.2. The van der Waals surface area contributed by atoms with Gasteiger partial charge in [0.05, 0.1) is 8.07 Å². The molecule has 134 valence electrons. The van der Waals surface area contributed by atoms with Crippen molar-refractivity contribution in [2.75, 3.05) is 0 Å². The fourth-order valence-electron chi connectivity index (χ4n) is 6.23. The molecule has 3 heterocycles. The lowest BCUT2D eigenvalue weighted by Gasteiger charge is -2.45. The number of unbranched alkanes of at least 4 members (excludes halogenated alkanes) is 2. The van der Waals surface area contributed by atoms with Crippen molar-refractivity contribution in [3.05, 3.63) is 0 Å². The topological polar surface area (TPSA) is 0 Å². The summed E-state index contributed by atoms with van der Waals surface area (Å²) < 4.78 is 0. The Balaban J connectivity index is 1.38. The van der Waals surface area contributed by atoms with E-state index in [0.29, 0.717) is 0 Å². The molecule has 23 heavy (non-hydrogen) atoms. The third-order valence-electron chi connectivity index (χ3n) is 8.20. The fraction of sp³-hybridized carbons (Fsp3) is 1.00. The molecule has 1 spiro atoms. The highest BCUT2D eigenvalue weighted by molar-refractivity contribution is 6.80. The van der Waals surface area contributed by atoms with Crippen LogP contribution in [-0.4, -0.2) is 16.9 Å². The molecular weight excluding hydrogens is 308 g/mol. The average Bonchev–Trinajstić information content (AvgIpc) is 2.60. The van der Waals surface area contributed by atoms with E-state index in [1.165, 1.54) is 18.8 Å². The minimum atomic E-state index is -0.744. The number of hydrogen-bond donors (Lipinski definition) is 0. The molecule has 3 rings (SSSR count). The van der Waals surface area contributed by atoms with Gasteiger partial charge in [0.2, 0.25) is 0 Å². The summed E-state index contributed by atoms with van der Waals surface area (Å²) in [4.78, 5) is 0. The van der Waals surface area contributed by atoms with Crippen LogP contribution in [0.3, 0.4) is 0 Å². The quantitative estimate of drug-likeness (QED) is 0.366. The molecule has 0 aromatic rings. The molecule has 0 nitrogen and oxygen atoms in total. The summed E-state index contributed by atoms with van der Waals surface area (Å²) in [6.07, 6.45) is 14.3. The molecule has 0 aromatic heterocycles. The van der Waals surface area contributed by atoms with Gasteiger partial charge in [-0.15, -0.1) is 0 Å². The largest absolute Gasteiger partial charge is 0.0654 e. The Morgan fingerprint density at radius 2 is 1.35 bits per heavy atom. The van der Waals surface area contributed by atoms with Crippen LogP contribution < -0.4 is 0 Å². The van der Waals surface area contributed by atoms with E-state index in [-0.39, 0.29) is 8.80 Å². The van der Waals surface area contributed by atoms with E-state index < -0.39 is 8.07 Å². The van der Waals surface area contributed by atoms with E-state index in [1.54, 1.807) is 87.3 Å². The molecule has 0 N–H and O–H groups in total. The Bertz CT molecular complexity index is 328. The van der Waals surface area contributed by atoms with Crippen molar-refractivity contribution in [2.24, 2.45) is 17.8 Å². The molecule has 3 aliphatic rings. The Labute approximate surface area is 148 Å². The summed E-state index contributed by atoms with van der Waals surface area (Å²) in [5.41, 5.74) is 0. The van der Waals surface area contributed by atoms with Gasteiger partial charge in [-0.2, -0.15) is 0 Å². The van der Waals surface area contributed by atoms with Crippen molar-refractivity contribution in [1.29, 1.82) is 0 Å². The van der Waals surface area contributed by atoms with Crippen molar-refractivity contribution >= 4 is 16.9 Å². The van der Waals surface area contributed by atoms with Gasteiger partial charge in [-0.3, -0.25) is 0 Å². The highest BCUT2D eigenvalue weighted by Gasteiger charge is 2.41. The van der Waals surface area contributed by atoms with Crippen LogP contribution >= 0.6 is 0 Å². The van der Waals surface area contributed by atoms with Gasteiger partial charge in [-0.05, 0) is 17.8 Å². The van der Waals surface area contributed by atoms with Gasteiger partial charge in [-0.1, -0.05) is 114 Å². The van der Waals surface area contributed by atoms with Crippen LogP contribution in [0.25, 0.3) is 0 Å². The molecule has 0 unspecified atom stereocenters. The molecule has 0 radical (unpaired) electrons. The highest BCUT2D eigenvalue weighted by atomic mass is 28.3. The van der Waals surface area contributed by atoms with E-state index in [2.05, 4.69) is 13.8 Å². The van der Waals surface area contributed by atoms with Gasteiger partial charge < -0.3 is 0 Å². The van der Waals surface area contributed by atoms with Crippen LogP contribution in [0.5, 0.6) is 0 Å². The summed E-state index contributed by atoms with van der Waals surface area (Å²) >= 11 is 0. The average molecular weight is 351 g/mol. The Kier molecular flexibility index (Phi) is 6.89. The second-order valence-electron chi connectivity index (χ2n) is 9.80. The number of hydrogen-bond acceptors (Lipinski definition) is 0. The second kappa shape index (κ2) is 8.69. The maximum Gasteiger partial charge on any atom is 0.0536 e. The van der Waals surface area contributed by atoms with Crippen molar-refractivity contribution < 1.29 is 0 Å². The van der Waals surface area contributed by atoms with Crippen LogP contribution in [0.15, 0.2) is 0 Å². The zero-order valence-electron chi connectivity index (χ0n) is 16.1. The molecule has 0 atom stereocenters. The first kappa shape index (κ1) is 18.2. The molecule has 3 saturated heterocycles. The van der Waals surface area contributed by atoms with Crippen LogP contribution in [0.4, 0.5) is 0 Å². The predicted octanol–water partition coefficient (Wildman–Crippen LogP) is 7.10. The lowest BCUT2D eigenvalue weighted by atomic mass is 9.83. The summed E-state index contributed by atoms with van der Waals surface area (Å²) in [6, 6.07) is 12.0. The second-order valence-corrected chi connectivity index (χ2v) is 18.3. The van der Waals surface area contributed by atoms with Crippen molar-refractivity contribution in [2.45, 2.75) is 114 Å². The maximum absolute atomic E-state index is 2.50. The maximum atomic E-state index is 2.50. The molecule has 3 fully saturated rings. The molecule has 0 aliphatic carbocycles. The third-order valence-corrected chi connectivity index (χ3v) is 17.1. The lowest BCUT2D eigenvalue weighted by molar-refractivity contribution is 0.274. The van der Waals surface area contributed by atoms with Crippen molar-refractivity contribution in [1.82, 2.24) is 0 Å². The van der Waals surface area contributed by atoms with Crippen LogP contribution in [0.1, 0.15) is 71.6 Å². The van der Waals surface area contributed by atoms with E-state index in [9.17, 15) is 0 Å². The first-order valence-corrected chi connectivity index (χ1v) is 16.5. The standard InChI is InChI=1S/C21H42Si2/c1-3-4-5-12-22-13-6-20(7-14-22)21-10-17-23(18-11-21)15-8-19(2)9-16-23/h19-22H,3-18H2,1-2H3. The molecule has 0 bridgehead atoms. The summed E-state index contributed by atoms with van der Waals surface area (Å²) in [7, 11) is -1.03. The van der Waals surface area contributed by atoms with Crippen LogP contribution in [-0.2, 0) is 0 Å². The van der Waals surface area contributed by atoms with Gasteiger partial charge in [0.1, 0.15) is 0 Å². The monoisotopic (exact) mass is 350 g/mol. The van der Waals surface area contributed by atoms with Crippen molar-refractivity contribution in [3.8, 4) is 0 Å². The van der Waals surface area contributed by atoms with Gasteiger partial charge in [-0.25, -0.2) is 0 Å². The van der Waals surface area contributed by atoms with E-state index in [1.807, 2.05) is 0 Å². The molecule has 0 saturated carbocycles.